The van der Waals surface area contributed by atoms with Crippen molar-refractivity contribution in [1.29, 1.82) is 0 Å². The summed E-state index contributed by atoms with van der Waals surface area (Å²) in [6.45, 7) is 0. The van der Waals surface area contributed by atoms with E-state index in [2.05, 4.69) is 0 Å². The lowest BCUT2D eigenvalue weighted by Gasteiger charge is -2.22. The van der Waals surface area contributed by atoms with Crippen molar-refractivity contribution >= 4 is 27.5 Å². The monoisotopic (exact) mass is 274 g/mol. The van der Waals surface area contributed by atoms with Crippen molar-refractivity contribution in [2.45, 2.75) is 10.9 Å². The zero-order valence-electron chi connectivity index (χ0n) is 9.05. The number of halogens is 1. The molecule has 0 fully saturated rings. The molecule has 0 saturated heterocycles. The predicted molar refractivity (Wildman–Crippen MR) is 63.6 cm³/mol. The number of nitrogens with two attached hydrogens (primary N) is 1. The number of benzene rings is 1. The SMILES string of the molecule is CN(C(N)=O)[C@H]1CS(=O)(=O)c2ccc(Cl)cc21. The zero-order valence-corrected chi connectivity index (χ0v) is 10.6. The standard InChI is InChI=1S/C10H11ClN2O3S/c1-13(10(12)14)8-5-17(15,16)9-3-2-6(11)4-7(8)9/h2-4,8H,5H2,1H3,(H2,12,14)/t8-/m0/s1. The predicted octanol–water partition coefficient (Wildman–Crippen LogP) is 1.18. The first-order valence-corrected chi connectivity index (χ1v) is 6.90. The highest BCUT2D eigenvalue weighted by Crippen LogP contribution is 2.37. The summed E-state index contributed by atoms with van der Waals surface area (Å²) in [6.07, 6.45) is 0. The van der Waals surface area contributed by atoms with Gasteiger partial charge in [0.1, 0.15) is 0 Å². The third-order valence-corrected chi connectivity index (χ3v) is 4.89. The fourth-order valence-electron chi connectivity index (χ4n) is 1.92. The van der Waals surface area contributed by atoms with Gasteiger partial charge >= 0.3 is 6.03 Å². The molecule has 5 nitrogen and oxygen atoms in total. The van der Waals surface area contributed by atoms with Crippen molar-refractivity contribution in [3.05, 3.63) is 28.8 Å². The quantitative estimate of drug-likeness (QED) is 0.835. The minimum Gasteiger partial charge on any atom is -0.351 e. The topological polar surface area (TPSA) is 80.5 Å². The van der Waals surface area contributed by atoms with Gasteiger partial charge in [-0.3, -0.25) is 0 Å². The number of rotatable bonds is 1. The van der Waals surface area contributed by atoms with Crippen LogP contribution in [-0.4, -0.2) is 32.1 Å². The second-order valence-electron chi connectivity index (χ2n) is 3.93. The lowest BCUT2D eigenvalue weighted by molar-refractivity contribution is 0.205. The van der Waals surface area contributed by atoms with Crippen molar-refractivity contribution in [3.63, 3.8) is 0 Å². The molecule has 0 aliphatic carbocycles. The Bertz CT molecular complexity index is 585. The average molecular weight is 275 g/mol. The Morgan fingerprint density at radius 3 is 2.76 bits per heavy atom. The Morgan fingerprint density at radius 1 is 1.53 bits per heavy atom. The highest BCUT2D eigenvalue weighted by molar-refractivity contribution is 7.91. The highest BCUT2D eigenvalue weighted by Gasteiger charge is 2.38. The molecule has 0 radical (unpaired) electrons. The van der Waals surface area contributed by atoms with Gasteiger partial charge in [0.2, 0.25) is 0 Å². The number of carbonyl (C=O) groups excluding carboxylic acids is 1. The molecule has 1 aliphatic rings. The molecule has 0 aromatic heterocycles. The minimum atomic E-state index is -3.36. The number of urea groups is 1. The molecule has 0 spiro atoms. The van der Waals surface area contributed by atoms with Gasteiger partial charge in [-0.1, -0.05) is 11.6 Å². The number of fused-ring (bicyclic) bond motifs is 1. The maximum atomic E-state index is 11.9. The van der Waals surface area contributed by atoms with Gasteiger partial charge in [0.05, 0.1) is 16.7 Å². The summed E-state index contributed by atoms with van der Waals surface area (Å²) < 4.78 is 23.8. The Kier molecular flexibility index (Phi) is 2.79. The van der Waals surface area contributed by atoms with E-state index in [1.807, 2.05) is 0 Å². The zero-order chi connectivity index (χ0) is 12.8. The van der Waals surface area contributed by atoms with Crippen molar-refractivity contribution in [2.75, 3.05) is 12.8 Å². The molecule has 1 aliphatic heterocycles. The summed E-state index contributed by atoms with van der Waals surface area (Å²) in [6, 6.07) is 3.31. The Labute approximate surface area is 104 Å². The third-order valence-electron chi connectivity index (χ3n) is 2.86. The Hall–Kier alpha value is -1.27. The maximum absolute atomic E-state index is 11.9. The van der Waals surface area contributed by atoms with E-state index in [9.17, 15) is 13.2 Å². The number of primary amides is 1. The van der Waals surface area contributed by atoms with Crippen molar-refractivity contribution < 1.29 is 13.2 Å². The first kappa shape index (κ1) is 12.2. The summed E-state index contributed by atoms with van der Waals surface area (Å²) in [5, 5.41) is 0.434. The largest absolute Gasteiger partial charge is 0.351 e. The molecule has 2 rings (SSSR count). The van der Waals surface area contributed by atoms with E-state index < -0.39 is 21.9 Å². The van der Waals surface area contributed by atoms with Crippen LogP contribution in [0.15, 0.2) is 23.1 Å². The van der Waals surface area contributed by atoms with E-state index in [0.29, 0.717) is 10.6 Å². The second-order valence-corrected chi connectivity index (χ2v) is 6.37. The molecular weight excluding hydrogens is 264 g/mol. The molecule has 1 heterocycles. The number of amides is 2. The van der Waals surface area contributed by atoms with Gasteiger partial charge in [-0.2, -0.15) is 0 Å². The fraction of sp³-hybridized carbons (Fsp3) is 0.300. The molecule has 17 heavy (non-hydrogen) atoms. The molecule has 1 atom stereocenters. The lowest BCUT2D eigenvalue weighted by atomic mass is 10.1. The summed E-state index contributed by atoms with van der Waals surface area (Å²) >= 11 is 5.84. The van der Waals surface area contributed by atoms with Gasteiger partial charge in [0.25, 0.3) is 0 Å². The Morgan fingerprint density at radius 2 is 2.18 bits per heavy atom. The number of hydrogen-bond donors (Lipinski definition) is 1. The van der Waals surface area contributed by atoms with Crippen molar-refractivity contribution in [1.82, 2.24) is 4.90 Å². The van der Waals surface area contributed by atoms with Crippen LogP contribution in [0.25, 0.3) is 0 Å². The van der Waals surface area contributed by atoms with Crippen LogP contribution in [0.5, 0.6) is 0 Å². The van der Waals surface area contributed by atoms with Crippen molar-refractivity contribution in [2.24, 2.45) is 5.73 Å². The molecule has 92 valence electrons. The van der Waals surface area contributed by atoms with E-state index >= 15 is 0 Å². The van der Waals surface area contributed by atoms with Crippen LogP contribution in [0, 0.1) is 0 Å². The van der Waals surface area contributed by atoms with E-state index in [1.54, 1.807) is 6.07 Å². The first-order valence-electron chi connectivity index (χ1n) is 4.87. The van der Waals surface area contributed by atoms with Crippen LogP contribution in [0.1, 0.15) is 11.6 Å². The molecule has 0 saturated carbocycles. The van der Waals surface area contributed by atoms with Crippen LogP contribution >= 0.6 is 11.6 Å². The van der Waals surface area contributed by atoms with Gasteiger partial charge in [-0.15, -0.1) is 0 Å². The summed E-state index contributed by atoms with van der Waals surface area (Å²) in [5.74, 6) is -0.151. The maximum Gasteiger partial charge on any atom is 0.315 e. The average Bonchev–Trinajstić information content (AvgIpc) is 2.49. The van der Waals surface area contributed by atoms with Gasteiger partial charge in [0, 0.05) is 12.1 Å². The Balaban J connectivity index is 2.57. The number of hydrogen-bond acceptors (Lipinski definition) is 3. The number of nitrogens with zero attached hydrogens (tertiary/aromatic N) is 1. The molecular formula is C10H11ClN2O3S. The van der Waals surface area contributed by atoms with Crippen LogP contribution in [-0.2, 0) is 9.84 Å². The smallest absolute Gasteiger partial charge is 0.315 e. The van der Waals surface area contributed by atoms with Gasteiger partial charge in [-0.25, -0.2) is 13.2 Å². The number of sulfone groups is 1. The molecule has 2 N–H and O–H groups in total. The van der Waals surface area contributed by atoms with E-state index in [4.69, 9.17) is 17.3 Å². The second kappa shape index (κ2) is 3.89. The molecule has 1 aromatic rings. The molecule has 0 unspecified atom stereocenters. The molecule has 7 heteroatoms. The molecule has 2 amide bonds. The van der Waals surface area contributed by atoms with E-state index in [-0.39, 0.29) is 10.6 Å². The molecule has 1 aromatic carbocycles. The van der Waals surface area contributed by atoms with Gasteiger partial charge < -0.3 is 10.6 Å². The van der Waals surface area contributed by atoms with Crippen LogP contribution in [0.3, 0.4) is 0 Å². The first-order chi connectivity index (χ1) is 7.83. The normalized spacial score (nSPS) is 20.9. The van der Waals surface area contributed by atoms with E-state index in [0.717, 1.165) is 0 Å². The highest BCUT2D eigenvalue weighted by atomic mass is 35.5. The van der Waals surface area contributed by atoms with Crippen molar-refractivity contribution in [3.8, 4) is 0 Å². The molecule has 0 bridgehead atoms. The summed E-state index contributed by atoms with van der Waals surface area (Å²) in [5.41, 5.74) is 5.69. The van der Waals surface area contributed by atoms with Crippen LogP contribution in [0.2, 0.25) is 5.02 Å². The fourth-order valence-corrected chi connectivity index (χ4v) is 3.93. The summed E-state index contributed by atoms with van der Waals surface area (Å²) in [7, 11) is -1.89. The summed E-state index contributed by atoms with van der Waals surface area (Å²) in [4.78, 5) is 12.5. The van der Waals surface area contributed by atoms with Gasteiger partial charge in [0.15, 0.2) is 9.84 Å². The van der Waals surface area contributed by atoms with E-state index in [1.165, 1.54) is 24.1 Å². The van der Waals surface area contributed by atoms with Gasteiger partial charge in [-0.05, 0) is 23.8 Å². The van der Waals surface area contributed by atoms with Crippen LogP contribution in [0.4, 0.5) is 4.79 Å². The minimum absolute atomic E-state index is 0.151. The number of carbonyl (C=O) groups is 1. The van der Waals surface area contributed by atoms with Crippen LogP contribution < -0.4 is 5.73 Å². The third kappa shape index (κ3) is 1.98. The lowest BCUT2D eigenvalue weighted by Crippen LogP contribution is -2.36.